The zero-order chi connectivity index (χ0) is 14.7. The molecule has 2 rings (SSSR count). The van der Waals surface area contributed by atoms with E-state index in [-0.39, 0.29) is 17.0 Å². The van der Waals surface area contributed by atoms with E-state index in [1.165, 1.54) is 36.4 Å². The molecule has 3 nitrogen and oxygen atoms in total. The fourth-order valence-corrected chi connectivity index (χ4v) is 1.89. The third kappa shape index (κ3) is 2.81. The van der Waals surface area contributed by atoms with Crippen molar-refractivity contribution in [2.45, 2.75) is 0 Å². The summed E-state index contributed by atoms with van der Waals surface area (Å²) in [5.74, 6) is -1.47. The Morgan fingerprint density at radius 3 is 2.80 bits per heavy atom. The lowest BCUT2D eigenvalue weighted by molar-refractivity contribution is 0.102. The van der Waals surface area contributed by atoms with Gasteiger partial charge in [-0.3, -0.25) is 4.79 Å². The molecule has 0 unspecified atom stereocenters. The Bertz CT molecular complexity index is 686. The van der Waals surface area contributed by atoms with Crippen LogP contribution < -0.4 is 5.32 Å². The van der Waals surface area contributed by atoms with Gasteiger partial charge in [-0.1, -0.05) is 36.4 Å². The second-order valence-corrected chi connectivity index (χ2v) is 4.46. The van der Waals surface area contributed by atoms with Crippen molar-refractivity contribution in [3.63, 3.8) is 0 Å². The second-order valence-electron chi connectivity index (χ2n) is 4.02. The predicted molar refractivity (Wildman–Crippen MR) is 77.6 cm³/mol. The highest BCUT2D eigenvalue weighted by Crippen LogP contribution is 2.25. The molecule has 1 amide bonds. The van der Waals surface area contributed by atoms with Crippen molar-refractivity contribution in [2.75, 3.05) is 5.32 Å². The van der Waals surface area contributed by atoms with E-state index in [2.05, 4.69) is 11.9 Å². The van der Waals surface area contributed by atoms with E-state index in [0.717, 1.165) is 0 Å². The van der Waals surface area contributed by atoms with Gasteiger partial charge in [-0.05, 0) is 24.3 Å². The maximum Gasteiger partial charge on any atom is 0.259 e. The molecule has 0 aromatic heterocycles. The number of anilines is 1. The first-order valence-corrected chi connectivity index (χ1v) is 6.11. The van der Waals surface area contributed by atoms with Crippen LogP contribution in [0.5, 0.6) is 5.75 Å². The zero-order valence-corrected chi connectivity index (χ0v) is 11.1. The van der Waals surface area contributed by atoms with Gasteiger partial charge in [0.2, 0.25) is 0 Å². The van der Waals surface area contributed by atoms with E-state index < -0.39 is 11.7 Å². The van der Waals surface area contributed by atoms with Crippen LogP contribution >= 0.6 is 11.6 Å². The Morgan fingerprint density at radius 2 is 2.10 bits per heavy atom. The fraction of sp³-hybridized carbons (Fsp3) is 0. The van der Waals surface area contributed by atoms with E-state index in [0.29, 0.717) is 10.6 Å². The van der Waals surface area contributed by atoms with Gasteiger partial charge in [0.05, 0.1) is 11.3 Å². The lowest BCUT2D eigenvalue weighted by Gasteiger charge is -2.10. The van der Waals surface area contributed by atoms with Crippen molar-refractivity contribution in [3.8, 4) is 5.75 Å². The quantitative estimate of drug-likeness (QED) is 0.895. The molecule has 5 heteroatoms. The zero-order valence-electron chi connectivity index (χ0n) is 10.4. The number of phenols is 1. The normalized spacial score (nSPS) is 10.1. The van der Waals surface area contributed by atoms with Crippen molar-refractivity contribution < 1.29 is 14.3 Å². The average molecular weight is 292 g/mol. The molecule has 0 fully saturated rings. The molecular weight excluding hydrogens is 281 g/mol. The molecule has 0 saturated heterocycles. The van der Waals surface area contributed by atoms with Crippen LogP contribution in [0, 0.1) is 5.82 Å². The highest BCUT2D eigenvalue weighted by molar-refractivity contribution is 6.31. The van der Waals surface area contributed by atoms with Crippen LogP contribution in [0.1, 0.15) is 15.9 Å². The molecule has 0 aliphatic carbocycles. The highest BCUT2D eigenvalue weighted by atomic mass is 35.5. The van der Waals surface area contributed by atoms with E-state index in [4.69, 9.17) is 11.6 Å². The number of carbonyl (C=O) groups excluding carboxylic acids is 1. The maximum atomic E-state index is 13.7. The topological polar surface area (TPSA) is 49.3 Å². The van der Waals surface area contributed by atoms with Gasteiger partial charge >= 0.3 is 0 Å². The molecule has 2 aromatic rings. The molecule has 0 radical (unpaired) electrons. The summed E-state index contributed by atoms with van der Waals surface area (Å²) in [5.41, 5.74) is 0.419. The minimum Gasteiger partial charge on any atom is -0.507 e. The number of phenolic OH excluding ortho intramolecular Hbond substituents is 1. The molecule has 2 N–H and O–H groups in total. The molecule has 0 spiro atoms. The predicted octanol–water partition coefficient (Wildman–Crippen LogP) is 4.08. The number of benzene rings is 2. The summed E-state index contributed by atoms with van der Waals surface area (Å²) in [6.45, 7) is 3.56. The van der Waals surface area contributed by atoms with E-state index in [1.54, 1.807) is 6.07 Å². The third-order valence-electron chi connectivity index (χ3n) is 2.71. The molecule has 0 heterocycles. The van der Waals surface area contributed by atoms with Gasteiger partial charge in [0, 0.05) is 10.6 Å². The number of rotatable bonds is 3. The minimum atomic E-state index is -0.654. The summed E-state index contributed by atoms with van der Waals surface area (Å²) in [6, 6.07) is 8.41. The van der Waals surface area contributed by atoms with Gasteiger partial charge in [-0.15, -0.1) is 0 Å². The van der Waals surface area contributed by atoms with Crippen LogP contribution in [0.15, 0.2) is 43.0 Å². The van der Waals surface area contributed by atoms with Crippen molar-refractivity contribution >= 4 is 29.3 Å². The molecule has 0 bridgehead atoms. The summed E-state index contributed by atoms with van der Waals surface area (Å²) >= 11 is 5.77. The van der Waals surface area contributed by atoms with Crippen molar-refractivity contribution in [2.24, 2.45) is 0 Å². The molecule has 0 aliphatic heterocycles. The summed E-state index contributed by atoms with van der Waals surface area (Å²) in [7, 11) is 0. The third-order valence-corrected chi connectivity index (χ3v) is 2.94. The smallest absolute Gasteiger partial charge is 0.259 e. The summed E-state index contributed by atoms with van der Waals surface area (Å²) < 4.78 is 13.7. The van der Waals surface area contributed by atoms with Gasteiger partial charge < -0.3 is 10.4 Å². The monoisotopic (exact) mass is 291 g/mol. The number of nitrogens with one attached hydrogen (secondary N) is 1. The van der Waals surface area contributed by atoms with Crippen LogP contribution in [0.4, 0.5) is 10.1 Å². The number of carbonyl (C=O) groups is 1. The van der Waals surface area contributed by atoms with Crippen molar-refractivity contribution in [1.82, 2.24) is 0 Å². The number of para-hydroxylation sites is 1. The lowest BCUT2D eigenvalue weighted by atomic mass is 10.1. The summed E-state index contributed by atoms with van der Waals surface area (Å²) in [5, 5.41) is 12.4. The molecule has 0 saturated carbocycles. The minimum absolute atomic E-state index is 0.00637. The van der Waals surface area contributed by atoms with Gasteiger partial charge in [0.25, 0.3) is 5.91 Å². The van der Waals surface area contributed by atoms with E-state index >= 15 is 0 Å². The number of halogens is 2. The highest BCUT2D eigenvalue weighted by Gasteiger charge is 2.15. The largest absolute Gasteiger partial charge is 0.507 e. The number of aromatic hydroxyl groups is 1. The molecular formula is C15H11ClFNO2. The Hall–Kier alpha value is -2.33. The average Bonchev–Trinajstić information content (AvgIpc) is 2.43. The molecule has 0 atom stereocenters. The van der Waals surface area contributed by atoms with Crippen LogP contribution in [0.2, 0.25) is 5.02 Å². The number of hydrogen-bond donors (Lipinski definition) is 2. The van der Waals surface area contributed by atoms with Crippen LogP contribution in [-0.2, 0) is 0 Å². The van der Waals surface area contributed by atoms with Crippen molar-refractivity contribution in [3.05, 3.63) is 64.9 Å². The molecule has 102 valence electrons. The van der Waals surface area contributed by atoms with Crippen LogP contribution in [-0.4, -0.2) is 11.0 Å². The van der Waals surface area contributed by atoms with Crippen LogP contribution in [0.25, 0.3) is 6.08 Å². The van der Waals surface area contributed by atoms with Gasteiger partial charge in [0.15, 0.2) is 0 Å². The summed E-state index contributed by atoms with van der Waals surface area (Å²) in [6.07, 6.45) is 1.43. The lowest BCUT2D eigenvalue weighted by Crippen LogP contribution is -2.14. The maximum absolute atomic E-state index is 13.7. The van der Waals surface area contributed by atoms with Gasteiger partial charge in [-0.25, -0.2) is 4.39 Å². The first kappa shape index (κ1) is 14.1. The fourth-order valence-electron chi connectivity index (χ4n) is 1.71. The number of hydrogen-bond acceptors (Lipinski definition) is 2. The van der Waals surface area contributed by atoms with Crippen LogP contribution in [0.3, 0.4) is 0 Å². The Labute approximate surface area is 120 Å². The first-order valence-electron chi connectivity index (χ1n) is 5.73. The Kier molecular flexibility index (Phi) is 4.05. The number of amides is 1. The van der Waals surface area contributed by atoms with E-state index in [9.17, 15) is 14.3 Å². The van der Waals surface area contributed by atoms with E-state index in [1.807, 2.05) is 0 Å². The second kappa shape index (κ2) is 5.75. The first-order chi connectivity index (χ1) is 9.52. The van der Waals surface area contributed by atoms with Gasteiger partial charge in [0.1, 0.15) is 11.6 Å². The van der Waals surface area contributed by atoms with Crippen molar-refractivity contribution in [1.29, 1.82) is 0 Å². The Balaban J connectivity index is 2.37. The molecule has 20 heavy (non-hydrogen) atoms. The Morgan fingerprint density at radius 1 is 1.35 bits per heavy atom. The van der Waals surface area contributed by atoms with Gasteiger partial charge in [-0.2, -0.15) is 0 Å². The standard InChI is InChI=1S/C15H11ClFNO2/c1-2-9-4-3-5-12(17)14(9)18-15(20)11-8-10(16)6-7-13(11)19/h2-8,19H,1H2,(H,18,20). The molecule has 0 aliphatic rings. The summed E-state index contributed by atoms with van der Waals surface area (Å²) in [4.78, 5) is 12.1. The SMILES string of the molecule is C=Cc1cccc(F)c1NC(=O)c1cc(Cl)ccc1O. The molecule has 2 aromatic carbocycles.